The number of nitrogens with zero attached hydrogens (tertiary/aromatic N) is 1. The van der Waals surface area contributed by atoms with Crippen LogP contribution in [-0.4, -0.2) is 38.5 Å². The molecule has 5 nitrogen and oxygen atoms in total. The summed E-state index contributed by atoms with van der Waals surface area (Å²) in [6.45, 7) is 6.70. The third kappa shape index (κ3) is 6.61. The molecule has 0 saturated heterocycles. The summed E-state index contributed by atoms with van der Waals surface area (Å²) >= 11 is 0. The van der Waals surface area contributed by atoms with Crippen LogP contribution < -0.4 is 16.0 Å². The van der Waals surface area contributed by atoms with Crippen molar-refractivity contribution in [2.24, 2.45) is 4.99 Å². The van der Waals surface area contributed by atoms with E-state index in [0.717, 1.165) is 50.4 Å². The van der Waals surface area contributed by atoms with Gasteiger partial charge in [-0.3, -0.25) is 9.79 Å². The number of carbonyl (C=O) groups excluding carboxylic acids is 1. The van der Waals surface area contributed by atoms with Gasteiger partial charge in [0, 0.05) is 32.2 Å². The molecule has 1 aromatic carbocycles. The van der Waals surface area contributed by atoms with Crippen LogP contribution in [0.3, 0.4) is 0 Å². The molecule has 1 rings (SSSR count). The van der Waals surface area contributed by atoms with E-state index in [1.165, 1.54) is 0 Å². The SMILES string of the molecule is CCCCN=C(NCC)NCCc1cccc(C(=O)NC)c1. The fraction of sp³-hybridized carbons (Fsp3) is 0.529. The highest BCUT2D eigenvalue weighted by Gasteiger charge is 2.04. The molecule has 5 heteroatoms. The molecule has 0 radical (unpaired) electrons. The van der Waals surface area contributed by atoms with Crippen LogP contribution in [0.1, 0.15) is 42.6 Å². The van der Waals surface area contributed by atoms with Crippen molar-refractivity contribution in [1.82, 2.24) is 16.0 Å². The molecule has 0 fully saturated rings. The molecule has 0 bridgehead atoms. The van der Waals surface area contributed by atoms with E-state index < -0.39 is 0 Å². The van der Waals surface area contributed by atoms with Crippen LogP contribution in [0.4, 0.5) is 0 Å². The standard InChI is InChI=1S/C17H28N4O/c1-4-6-11-20-17(19-5-2)21-12-10-14-8-7-9-15(13-14)16(22)18-3/h7-9,13H,4-6,10-12H2,1-3H3,(H,18,22)(H2,19,20,21). The number of amides is 1. The van der Waals surface area contributed by atoms with Crippen LogP contribution in [0.25, 0.3) is 0 Å². The van der Waals surface area contributed by atoms with Gasteiger partial charge in [0.25, 0.3) is 5.91 Å². The van der Waals surface area contributed by atoms with Crippen molar-refractivity contribution in [1.29, 1.82) is 0 Å². The highest BCUT2D eigenvalue weighted by atomic mass is 16.1. The second kappa shape index (κ2) is 10.7. The molecule has 3 N–H and O–H groups in total. The molecule has 0 saturated carbocycles. The van der Waals surface area contributed by atoms with Crippen molar-refractivity contribution >= 4 is 11.9 Å². The summed E-state index contributed by atoms with van der Waals surface area (Å²) in [4.78, 5) is 16.1. The van der Waals surface area contributed by atoms with Gasteiger partial charge in [0.05, 0.1) is 0 Å². The van der Waals surface area contributed by atoms with Crippen molar-refractivity contribution in [3.05, 3.63) is 35.4 Å². The van der Waals surface area contributed by atoms with E-state index >= 15 is 0 Å². The number of hydrogen-bond donors (Lipinski definition) is 3. The van der Waals surface area contributed by atoms with Crippen molar-refractivity contribution in [2.45, 2.75) is 33.1 Å². The monoisotopic (exact) mass is 304 g/mol. The summed E-state index contributed by atoms with van der Waals surface area (Å²) in [5.41, 5.74) is 1.83. The Kier molecular flexibility index (Phi) is 8.72. The van der Waals surface area contributed by atoms with Gasteiger partial charge in [-0.1, -0.05) is 25.5 Å². The topological polar surface area (TPSA) is 65.5 Å². The first kappa shape index (κ1) is 18.0. The zero-order valence-corrected chi connectivity index (χ0v) is 13.9. The maximum Gasteiger partial charge on any atom is 0.251 e. The van der Waals surface area contributed by atoms with Gasteiger partial charge in [-0.15, -0.1) is 0 Å². The van der Waals surface area contributed by atoms with Gasteiger partial charge in [0.2, 0.25) is 0 Å². The quantitative estimate of drug-likeness (QED) is 0.391. The summed E-state index contributed by atoms with van der Waals surface area (Å²) in [6, 6.07) is 7.71. The van der Waals surface area contributed by atoms with E-state index in [0.29, 0.717) is 5.56 Å². The van der Waals surface area contributed by atoms with Gasteiger partial charge >= 0.3 is 0 Å². The van der Waals surface area contributed by atoms with Gasteiger partial charge in [-0.05, 0) is 37.5 Å². The minimum absolute atomic E-state index is 0.0516. The number of unbranched alkanes of at least 4 members (excludes halogenated alkanes) is 1. The second-order valence-corrected chi connectivity index (χ2v) is 5.07. The van der Waals surface area contributed by atoms with Crippen molar-refractivity contribution < 1.29 is 4.79 Å². The molecular formula is C17H28N4O. The van der Waals surface area contributed by atoms with Crippen molar-refractivity contribution in [3.8, 4) is 0 Å². The first-order chi connectivity index (χ1) is 10.7. The van der Waals surface area contributed by atoms with Gasteiger partial charge in [0.15, 0.2) is 5.96 Å². The number of carbonyl (C=O) groups is 1. The fourth-order valence-corrected chi connectivity index (χ4v) is 2.03. The third-order valence-corrected chi connectivity index (χ3v) is 3.25. The number of benzene rings is 1. The molecule has 0 aliphatic rings. The summed E-state index contributed by atoms with van der Waals surface area (Å²) in [5.74, 6) is 0.808. The average molecular weight is 304 g/mol. The maximum absolute atomic E-state index is 11.6. The fourth-order valence-electron chi connectivity index (χ4n) is 2.03. The number of aliphatic imine (C=N–C) groups is 1. The number of hydrogen-bond acceptors (Lipinski definition) is 2. The van der Waals surface area contributed by atoms with Gasteiger partial charge in [-0.2, -0.15) is 0 Å². The Balaban J connectivity index is 2.50. The smallest absolute Gasteiger partial charge is 0.251 e. The molecule has 0 heterocycles. The highest BCUT2D eigenvalue weighted by Crippen LogP contribution is 2.05. The van der Waals surface area contributed by atoms with E-state index in [2.05, 4.69) is 34.8 Å². The van der Waals surface area contributed by atoms with E-state index in [4.69, 9.17) is 0 Å². The molecule has 122 valence electrons. The minimum Gasteiger partial charge on any atom is -0.357 e. The summed E-state index contributed by atoms with van der Waals surface area (Å²) in [7, 11) is 1.64. The van der Waals surface area contributed by atoms with E-state index in [9.17, 15) is 4.79 Å². The van der Waals surface area contributed by atoms with Crippen LogP contribution in [0, 0.1) is 0 Å². The first-order valence-electron chi connectivity index (χ1n) is 8.04. The lowest BCUT2D eigenvalue weighted by Gasteiger charge is -2.11. The number of guanidine groups is 1. The average Bonchev–Trinajstić information content (AvgIpc) is 2.54. The predicted octanol–water partition coefficient (Wildman–Crippen LogP) is 1.94. The molecular weight excluding hydrogens is 276 g/mol. The van der Waals surface area contributed by atoms with Gasteiger partial charge < -0.3 is 16.0 Å². The molecule has 1 amide bonds. The van der Waals surface area contributed by atoms with Crippen LogP contribution in [0.15, 0.2) is 29.3 Å². The number of nitrogens with one attached hydrogen (secondary N) is 3. The Bertz CT molecular complexity index is 485. The van der Waals surface area contributed by atoms with Crippen LogP contribution >= 0.6 is 0 Å². The van der Waals surface area contributed by atoms with Crippen LogP contribution in [0.2, 0.25) is 0 Å². The lowest BCUT2D eigenvalue weighted by molar-refractivity contribution is 0.0963. The molecule has 0 aromatic heterocycles. The van der Waals surface area contributed by atoms with Crippen molar-refractivity contribution in [2.75, 3.05) is 26.7 Å². The Labute approximate surface area is 133 Å². The minimum atomic E-state index is -0.0516. The van der Waals surface area contributed by atoms with E-state index in [-0.39, 0.29) is 5.91 Å². The predicted molar refractivity (Wildman–Crippen MR) is 92.4 cm³/mol. The molecule has 1 aromatic rings. The molecule has 0 unspecified atom stereocenters. The zero-order chi connectivity index (χ0) is 16.2. The lowest BCUT2D eigenvalue weighted by atomic mass is 10.1. The largest absolute Gasteiger partial charge is 0.357 e. The summed E-state index contributed by atoms with van der Waals surface area (Å²) in [6.07, 6.45) is 3.10. The molecule has 22 heavy (non-hydrogen) atoms. The van der Waals surface area contributed by atoms with E-state index in [1.54, 1.807) is 7.05 Å². The Morgan fingerprint density at radius 3 is 2.73 bits per heavy atom. The van der Waals surface area contributed by atoms with Crippen LogP contribution in [0.5, 0.6) is 0 Å². The normalized spacial score (nSPS) is 11.1. The lowest BCUT2D eigenvalue weighted by Crippen LogP contribution is -2.38. The zero-order valence-electron chi connectivity index (χ0n) is 13.9. The molecule has 0 atom stereocenters. The third-order valence-electron chi connectivity index (χ3n) is 3.25. The second-order valence-electron chi connectivity index (χ2n) is 5.07. The Morgan fingerprint density at radius 2 is 2.05 bits per heavy atom. The van der Waals surface area contributed by atoms with Gasteiger partial charge in [-0.25, -0.2) is 0 Å². The van der Waals surface area contributed by atoms with Gasteiger partial charge in [0.1, 0.15) is 0 Å². The highest BCUT2D eigenvalue weighted by molar-refractivity contribution is 5.94. The maximum atomic E-state index is 11.6. The van der Waals surface area contributed by atoms with Crippen LogP contribution in [-0.2, 0) is 6.42 Å². The molecule has 0 aliphatic heterocycles. The Hall–Kier alpha value is -2.04. The summed E-state index contributed by atoms with van der Waals surface area (Å²) < 4.78 is 0. The Morgan fingerprint density at radius 1 is 1.23 bits per heavy atom. The first-order valence-corrected chi connectivity index (χ1v) is 8.04. The number of rotatable bonds is 8. The summed E-state index contributed by atoms with van der Waals surface area (Å²) in [5, 5.41) is 9.21. The van der Waals surface area contributed by atoms with E-state index in [1.807, 2.05) is 24.3 Å². The molecule has 0 aliphatic carbocycles. The van der Waals surface area contributed by atoms with Crippen molar-refractivity contribution in [3.63, 3.8) is 0 Å². The molecule has 0 spiro atoms.